The quantitative estimate of drug-likeness (QED) is 0.478. The first-order valence-corrected chi connectivity index (χ1v) is 11.3. The molecule has 1 atom stereocenters. The third-order valence-electron chi connectivity index (χ3n) is 5.94. The maximum absolute atomic E-state index is 5.16. The molecule has 0 spiro atoms. The first-order chi connectivity index (χ1) is 15.1. The number of aromatic nitrogens is 4. The zero-order valence-corrected chi connectivity index (χ0v) is 18.8. The summed E-state index contributed by atoms with van der Waals surface area (Å²) in [5.74, 6) is 0.607. The van der Waals surface area contributed by atoms with E-state index in [0.717, 1.165) is 48.5 Å². The third-order valence-corrected chi connectivity index (χ3v) is 6.93. The average Bonchev–Trinajstić information content (AvgIpc) is 3.40. The standard InChI is InChI=1S/C23H26N6OS/c1-16-4-7-19(31-16)14-28-11-10-27(2)21(15-28)23-20-8-5-18(13-29(20)26-25-23)17-6-9-22(30-3)24-12-17/h4-9,12-13,21H,10-11,14-15H2,1-3H3/t21-/m1/s1. The highest BCUT2D eigenvalue weighted by Gasteiger charge is 2.29. The van der Waals surface area contributed by atoms with Crippen molar-refractivity contribution >= 4 is 16.9 Å². The molecule has 1 saturated heterocycles. The predicted octanol–water partition coefficient (Wildman–Crippen LogP) is 3.66. The highest BCUT2D eigenvalue weighted by molar-refractivity contribution is 7.11. The summed E-state index contributed by atoms with van der Waals surface area (Å²) in [6.45, 7) is 6.20. The summed E-state index contributed by atoms with van der Waals surface area (Å²) >= 11 is 1.88. The molecule has 0 saturated carbocycles. The molecular weight excluding hydrogens is 408 g/mol. The molecule has 1 aliphatic heterocycles. The second-order valence-corrected chi connectivity index (χ2v) is 9.43. The first-order valence-electron chi connectivity index (χ1n) is 10.4. The number of ether oxygens (including phenoxy) is 1. The van der Waals surface area contributed by atoms with Gasteiger partial charge in [0.05, 0.1) is 18.7 Å². The van der Waals surface area contributed by atoms with Crippen LogP contribution in [0, 0.1) is 6.92 Å². The van der Waals surface area contributed by atoms with Crippen LogP contribution in [0.4, 0.5) is 0 Å². The summed E-state index contributed by atoms with van der Waals surface area (Å²) < 4.78 is 7.04. The van der Waals surface area contributed by atoms with Gasteiger partial charge in [0.2, 0.25) is 5.88 Å². The fourth-order valence-electron chi connectivity index (χ4n) is 4.15. The minimum absolute atomic E-state index is 0.223. The molecule has 0 aliphatic carbocycles. The molecule has 31 heavy (non-hydrogen) atoms. The van der Waals surface area contributed by atoms with Gasteiger partial charge in [-0.25, -0.2) is 9.50 Å². The number of fused-ring (bicyclic) bond motifs is 1. The van der Waals surface area contributed by atoms with Crippen LogP contribution >= 0.6 is 11.3 Å². The molecule has 0 N–H and O–H groups in total. The number of nitrogens with zero attached hydrogens (tertiary/aromatic N) is 6. The lowest BCUT2D eigenvalue weighted by molar-refractivity contribution is 0.0896. The maximum Gasteiger partial charge on any atom is 0.212 e. The zero-order valence-electron chi connectivity index (χ0n) is 18.0. The minimum Gasteiger partial charge on any atom is -0.481 e. The highest BCUT2D eigenvalue weighted by Crippen LogP contribution is 2.29. The number of pyridine rings is 2. The molecule has 0 aromatic carbocycles. The van der Waals surface area contributed by atoms with Crippen molar-refractivity contribution < 1.29 is 4.74 Å². The van der Waals surface area contributed by atoms with E-state index in [1.54, 1.807) is 7.11 Å². The molecule has 8 heteroatoms. The molecule has 5 rings (SSSR count). The van der Waals surface area contributed by atoms with E-state index in [9.17, 15) is 0 Å². The predicted molar refractivity (Wildman–Crippen MR) is 122 cm³/mol. The van der Waals surface area contributed by atoms with Crippen LogP contribution in [0.3, 0.4) is 0 Å². The molecule has 0 radical (unpaired) electrons. The van der Waals surface area contributed by atoms with Gasteiger partial charge in [0.1, 0.15) is 5.69 Å². The molecule has 160 valence electrons. The molecule has 1 aliphatic rings. The van der Waals surface area contributed by atoms with Crippen molar-refractivity contribution in [3.63, 3.8) is 0 Å². The molecule has 4 aromatic heterocycles. The molecule has 0 unspecified atom stereocenters. The first kappa shape index (κ1) is 20.1. The van der Waals surface area contributed by atoms with E-state index >= 15 is 0 Å². The molecule has 4 aromatic rings. The lowest BCUT2D eigenvalue weighted by Crippen LogP contribution is -2.46. The van der Waals surface area contributed by atoms with Crippen molar-refractivity contribution in [3.05, 3.63) is 64.2 Å². The Bertz CT molecular complexity index is 1180. The minimum atomic E-state index is 0.223. The van der Waals surface area contributed by atoms with E-state index in [4.69, 9.17) is 4.74 Å². The molecule has 5 heterocycles. The van der Waals surface area contributed by atoms with Gasteiger partial charge in [0, 0.05) is 65.5 Å². The number of piperazine rings is 1. The van der Waals surface area contributed by atoms with Crippen LogP contribution in [-0.2, 0) is 6.54 Å². The monoisotopic (exact) mass is 434 g/mol. The van der Waals surface area contributed by atoms with Crippen molar-refractivity contribution in [1.29, 1.82) is 0 Å². The highest BCUT2D eigenvalue weighted by atomic mass is 32.1. The Morgan fingerprint density at radius 1 is 1.10 bits per heavy atom. The normalized spacial score (nSPS) is 18.0. The van der Waals surface area contributed by atoms with Gasteiger partial charge in [-0.15, -0.1) is 16.4 Å². The van der Waals surface area contributed by atoms with Gasteiger partial charge in [-0.3, -0.25) is 9.80 Å². The molecular formula is C23H26N6OS. The van der Waals surface area contributed by atoms with Crippen LogP contribution in [0.5, 0.6) is 5.88 Å². The fraction of sp³-hybridized carbons (Fsp3) is 0.348. The van der Waals surface area contributed by atoms with Crippen LogP contribution in [0.1, 0.15) is 21.5 Å². The third kappa shape index (κ3) is 4.06. The van der Waals surface area contributed by atoms with Gasteiger partial charge in [0.15, 0.2) is 0 Å². The van der Waals surface area contributed by atoms with Crippen molar-refractivity contribution in [3.8, 4) is 17.0 Å². The molecule has 7 nitrogen and oxygen atoms in total. The Kier molecular flexibility index (Phi) is 5.43. The molecule has 1 fully saturated rings. The van der Waals surface area contributed by atoms with Gasteiger partial charge in [-0.1, -0.05) is 11.3 Å². The molecule has 0 amide bonds. The number of likely N-dealkylation sites (N-methyl/N-ethyl adjacent to an activating group) is 1. The van der Waals surface area contributed by atoms with Crippen molar-refractivity contribution in [2.45, 2.75) is 19.5 Å². The van der Waals surface area contributed by atoms with E-state index in [0.29, 0.717) is 5.88 Å². The number of thiophene rings is 1. The number of methoxy groups -OCH3 is 1. The van der Waals surface area contributed by atoms with Crippen molar-refractivity contribution in [1.82, 2.24) is 29.6 Å². The topological polar surface area (TPSA) is 58.8 Å². The Morgan fingerprint density at radius 3 is 2.71 bits per heavy atom. The van der Waals surface area contributed by atoms with Crippen molar-refractivity contribution in [2.24, 2.45) is 0 Å². The zero-order chi connectivity index (χ0) is 21.4. The fourth-order valence-corrected chi connectivity index (χ4v) is 5.09. The Morgan fingerprint density at radius 2 is 1.97 bits per heavy atom. The van der Waals surface area contributed by atoms with Gasteiger partial charge in [-0.05, 0) is 38.2 Å². The van der Waals surface area contributed by atoms with Crippen LogP contribution in [0.15, 0.2) is 48.8 Å². The van der Waals surface area contributed by atoms with E-state index in [2.05, 4.69) is 63.3 Å². The van der Waals surface area contributed by atoms with E-state index in [1.807, 2.05) is 40.4 Å². The summed E-state index contributed by atoms with van der Waals surface area (Å²) in [6.07, 6.45) is 3.83. The number of hydrogen-bond donors (Lipinski definition) is 0. The number of rotatable bonds is 5. The SMILES string of the molecule is COc1ccc(-c2ccc3c([C@H]4CN(Cc5ccc(C)s5)CCN4C)nnn3c2)cn1. The van der Waals surface area contributed by atoms with Crippen LogP contribution in [0.2, 0.25) is 0 Å². The largest absolute Gasteiger partial charge is 0.481 e. The Hall–Kier alpha value is -2.81. The van der Waals surface area contributed by atoms with Gasteiger partial charge >= 0.3 is 0 Å². The van der Waals surface area contributed by atoms with E-state index < -0.39 is 0 Å². The number of aryl methyl sites for hydroxylation is 1. The van der Waals surface area contributed by atoms with Crippen LogP contribution in [0.25, 0.3) is 16.6 Å². The van der Waals surface area contributed by atoms with Gasteiger partial charge in [-0.2, -0.15) is 0 Å². The molecule has 0 bridgehead atoms. The summed E-state index contributed by atoms with van der Waals surface area (Å²) in [5.41, 5.74) is 4.16. The van der Waals surface area contributed by atoms with Crippen LogP contribution in [-0.4, -0.2) is 63.4 Å². The summed E-state index contributed by atoms with van der Waals surface area (Å²) in [7, 11) is 3.80. The second kappa shape index (κ2) is 8.37. The maximum atomic E-state index is 5.16. The Labute approximate surface area is 185 Å². The summed E-state index contributed by atoms with van der Waals surface area (Å²) in [4.78, 5) is 12.0. The Balaban J connectivity index is 1.39. The summed E-state index contributed by atoms with van der Waals surface area (Å²) in [6, 6.07) is 12.8. The van der Waals surface area contributed by atoms with E-state index in [1.165, 1.54) is 9.75 Å². The van der Waals surface area contributed by atoms with Crippen LogP contribution < -0.4 is 4.74 Å². The second-order valence-electron chi connectivity index (χ2n) is 8.06. The van der Waals surface area contributed by atoms with Gasteiger partial charge in [0.25, 0.3) is 0 Å². The lowest BCUT2D eigenvalue weighted by Gasteiger charge is -2.38. The average molecular weight is 435 g/mol. The smallest absolute Gasteiger partial charge is 0.212 e. The lowest BCUT2D eigenvalue weighted by atomic mass is 10.1. The van der Waals surface area contributed by atoms with Crippen molar-refractivity contribution in [2.75, 3.05) is 33.8 Å². The van der Waals surface area contributed by atoms with Gasteiger partial charge < -0.3 is 4.74 Å². The number of hydrogen-bond acceptors (Lipinski definition) is 7. The van der Waals surface area contributed by atoms with E-state index in [-0.39, 0.29) is 6.04 Å². The summed E-state index contributed by atoms with van der Waals surface area (Å²) in [5, 5.41) is 9.03.